The molecule has 0 aliphatic carbocycles. The number of carbonyl (C=O) groups is 2. The van der Waals surface area contributed by atoms with E-state index >= 15 is 0 Å². The van der Waals surface area contributed by atoms with Crippen LogP contribution in [-0.4, -0.2) is 33.7 Å². The maximum absolute atomic E-state index is 12.0. The summed E-state index contributed by atoms with van der Waals surface area (Å²) in [4.78, 5) is 28.3. The zero-order valence-electron chi connectivity index (χ0n) is 12.6. The van der Waals surface area contributed by atoms with Crippen molar-refractivity contribution in [3.05, 3.63) is 52.8 Å². The lowest BCUT2D eigenvalue weighted by Gasteiger charge is -2.26. The summed E-state index contributed by atoms with van der Waals surface area (Å²) in [5.74, 6) is 0. The van der Waals surface area contributed by atoms with Crippen molar-refractivity contribution in [1.29, 1.82) is 0 Å². The average Bonchev–Trinajstić information content (AvgIpc) is 2.56. The highest BCUT2D eigenvalue weighted by Crippen LogP contribution is 2.23. The number of halogens is 1. The minimum Gasteiger partial charge on any atom is -0.465 e. The molecule has 1 aromatic carbocycles. The van der Waals surface area contributed by atoms with Crippen LogP contribution in [-0.2, 0) is 13.0 Å². The first kappa shape index (κ1) is 16.1. The molecule has 0 radical (unpaired) electrons. The molecule has 8 heteroatoms. The van der Waals surface area contributed by atoms with Gasteiger partial charge < -0.3 is 20.6 Å². The molecule has 1 aliphatic rings. The Morgan fingerprint density at radius 2 is 1.88 bits per heavy atom. The van der Waals surface area contributed by atoms with E-state index in [-0.39, 0.29) is 6.03 Å². The van der Waals surface area contributed by atoms with Crippen molar-refractivity contribution < 1.29 is 14.7 Å². The number of amides is 3. The van der Waals surface area contributed by atoms with Crippen molar-refractivity contribution in [2.75, 3.05) is 17.2 Å². The predicted molar refractivity (Wildman–Crippen MR) is 90.5 cm³/mol. The molecule has 3 N–H and O–H groups in total. The number of pyridine rings is 1. The molecule has 2 aromatic rings. The topological polar surface area (TPSA) is 94.6 Å². The van der Waals surface area contributed by atoms with Crippen molar-refractivity contribution in [3.8, 4) is 0 Å². The Hall–Kier alpha value is -2.80. The van der Waals surface area contributed by atoms with Gasteiger partial charge in [-0.15, -0.1) is 0 Å². The standard InChI is InChI=1S/C16H15ClN4O3/c17-14-4-3-13(8-18-14)20-15(22)19-12-2-1-11-9-21(16(23)24)6-5-10(11)7-12/h1-4,7-8H,5-6,9H2,(H,23,24)(H2,19,20,22). The number of carbonyl (C=O) groups excluding carboxylic acids is 1. The lowest BCUT2D eigenvalue weighted by molar-refractivity contribution is 0.140. The first-order chi connectivity index (χ1) is 11.5. The van der Waals surface area contributed by atoms with Gasteiger partial charge in [0.1, 0.15) is 5.15 Å². The second kappa shape index (κ2) is 6.76. The number of benzene rings is 1. The number of carboxylic acid groups (broad SMARTS) is 1. The number of anilines is 2. The molecular weight excluding hydrogens is 332 g/mol. The number of hydrogen-bond donors (Lipinski definition) is 3. The highest BCUT2D eigenvalue weighted by molar-refractivity contribution is 6.29. The van der Waals surface area contributed by atoms with E-state index in [4.69, 9.17) is 16.7 Å². The fourth-order valence-electron chi connectivity index (χ4n) is 2.54. The van der Waals surface area contributed by atoms with E-state index < -0.39 is 6.09 Å². The largest absolute Gasteiger partial charge is 0.465 e. The summed E-state index contributed by atoms with van der Waals surface area (Å²) in [6, 6.07) is 8.32. The number of urea groups is 1. The third kappa shape index (κ3) is 3.75. The van der Waals surface area contributed by atoms with Gasteiger partial charge in [0.15, 0.2) is 0 Å². The second-order valence-electron chi connectivity index (χ2n) is 5.39. The van der Waals surface area contributed by atoms with E-state index in [1.165, 1.54) is 11.1 Å². The Bertz CT molecular complexity index is 779. The molecule has 0 unspecified atom stereocenters. The fraction of sp³-hybridized carbons (Fsp3) is 0.188. The van der Waals surface area contributed by atoms with Crippen LogP contribution in [0.3, 0.4) is 0 Å². The summed E-state index contributed by atoms with van der Waals surface area (Å²) in [6.45, 7) is 0.821. The summed E-state index contributed by atoms with van der Waals surface area (Å²) < 4.78 is 0. The molecule has 3 amide bonds. The van der Waals surface area contributed by atoms with Crippen LogP contribution in [0.1, 0.15) is 11.1 Å². The lowest BCUT2D eigenvalue weighted by atomic mass is 9.99. The molecule has 1 aliphatic heterocycles. The van der Waals surface area contributed by atoms with E-state index in [2.05, 4.69) is 15.6 Å². The molecule has 7 nitrogen and oxygen atoms in total. The van der Waals surface area contributed by atoms with Gasteiger partial charge >= 0.3 is 12.1 Å². The molecule has 0 atom stereocenters. The van der Waals surface area contributed by atoms with Crippen LogP contribution in [0.15, 0.2) is 36.5 Å². The molecule has 1 aromatic heterocycles. The van der Waals surface area contributed by atoms with Gasteiger partial charge in [-0.3, -0.25) is 0 Å². The quantitative estimate of drug-likeness (QED) is 0.726. The zero-order valence-corrected chi connectivity index (χ0v) is 13.4. The van der Waals surface area contributed by atoms with Crippen molar-refractivity contribution in [2.45, 2.75) is 13.0 Å². The first-order valence-electron chi connectivity index (χ1n) is 7.30. The van der Waals surface area contributed by atoms with Crippen LogP contribution < -0.4 is 10.6 Å². The van der Waals surface area contributed by atoms with Crippen molar-refractivity contribution in [2.24, 2.45) is 0 Å². The Balaban J connectivity index is 1.65. The summed E-state index contributed by atoms with van der Waals surface area (Å²) in [5.41, 5.74) is 3.18. The molecular formula is C16H15ClN4O3. The number of rotatable bonds is 2. The number of aromatic nitrogens is 1. The molecule has 3 rings (SSSR count). The molecule has 0 saturated carbocycles. The number of fused-ring (bicyclic) bond motifs is 1. The maximum Gasteiger partial charge on any atom is 0.407 e. The van der Waals surface area contributed by atoms with Crippen LogP contribution in [0, 0.1) is 0 Å². The summed E-state index contributed by atoms with van der Waals surface area (Å²) in [6.07, 6.45) is 1.17. The van der Waals surface area contributed by atoms with Crippen LogP contribution in [0.5, 0.6) is 0 Å². The molecule has 0 saturated heterocycles. The molecule has 124 valence electrons. The average molecular weight is 347 g/mol. The Kier molecular flexibility index (Phi) is 4.52. The van der Waals surface area contributed by atoms with Crippen LogP contribution in [0.25, 0.3) is 0 Å². The van der Waals surface area contributed by atoms with E-state index in [9.17, 15) is 9.59 Å². The van der Waals surface area contributed by atoms with E-state index in [1.807, 2.05) is 12.1 Å². The van der Waals surface area contributed by atoms with Gasteiger partial charge in [0.2, 0.25) is 0 Å². The van der Waals surface area contributed by atoms with Gasteiger partial charge in [-0.25, -0.2) is 14.6 Å². The number of hydrogen-bond acceptors (Lipinski definition) is 3. The smallest absolute Gasteiger partial charge is 0.407 e. The van der Waals surface area contributed by atoms with Gasteiger partial charge in [0.25, 0.3) is 0 Å². The van der Waals surface area contributed by atoms with Gasteiger partial charge in [-0.1, -0.05) is 17.7 Å². The van der Waals surface area contributed by atoms with Crippen LogP contribution in [0.4, 0.5) is 21.0 Å². The third-order valence-corrected chi connectivity index (χ3v) is 3.96. The molecule has 0 fully saturated rings. The maximum atomic E-state index is 12.0. The van der Waals surface area contributed by atoms with Crippen molar-refractivity contribution in [1.82, 2.24) is 9.88 Å². The fourth-order valence-corrected chi connectivity index (χ4v) is 2.65. The van der Waals surface area contributed by atoms with E-state index in [0.29, 0.717) is 36.0 Å². The summed E-state index contributed by atoms with van der Waals surface area (Å²) in [7, 11) is 0. The number of nitrogens with zero attached hydrogens (tertiary/aromatic N) is 2. The highest BCUT2D eigenvalue weighted by atomic mass is 35.5. The molecule has 24 heavy (non-hydrogen) atoms. The van der Waals surface area contributed by atoms with Crippen molar-refractivity contribution in [3.63, 3.8) is 0 Å². The number of nitrogens with one attached hydrogen (secondary N) is 2. The van der Waals surface area contributed by atoms with Gasteiger partial charge in [0, 0.05) is 18.8 Å². The van der Waals surface area contributed by atoms with Crippen molar-refractivity contribution >= 4 is 35.1 Å². The second-order valence-corrected chi connectivity index (χ2v) is 5.77. The first-order valence-corrected chi connectivity index (χ1v) is 7.68. The molecule has 0 spiro atoms. The monoisotopic (exact) mass is 346 g/mol. The summed E-state index contributed by atoms with van der Waals surface area (Å²) >= 11 is 5.70. The normalized spacial score (nSPS) is 13.1. The van der Waals surface area contributed by atoms with Gasteiger partial charge in [0.05, 0.1) is 11.9 Å². The Morgan fingerprint density at radius 1 is 1.12 bits per heavy atom. The zero-order chi connectivity index (χ0) is 17.1. The van der Waals surface area contributed by atoms with E-state index in [1.54, 1.807) is 18.2 Å². The molecule has 2 heterocycles. The van der Waals surface area contributed by atoms with Gasteiger partial charge in [-0.2, -0.15) is 0 Å². The van der Waals surface area contributed by atoms with Gasteiger partial charge in [-0.05, 0) is 41.8 Å². The lowest BCUT2D eigenvalue weighted by Crippen LogP contribution is -2.34. The minimum absolute atomic E-state index is 0.353. The Labute approximate surface area is 143 Å². The van der Waals surface area contributed by atoms with Crippen LogP contribution in [0.2, 0.25) is 5.15 Å². The highest BCUT2D eigenvalue weighted by Gasteiger charge is 2.20. The van der Waals surface area contributed by atoms with E-state index in [0.717, 1.165) is 11.1 Å². The molecule has 0 bridgehead atoms. The Morgan fingerprint density at radius 3 is 2.58 bits per heavy atom. The third-order valence-electron chi connectivity index (χ3n) is 3.73. The predicted octanol–water partition coefficient (Wildman–Crippen LogP) is 3.42. The van der Waals surface area contributed by atoms with Crippen LogP contribution >= 0.6 is 11.6 Å². The summed E-state index contributed by atoms with van der Waals surface area (Å²) in [5, 5.41) is 14.8. The SMILES string of the molecule is O=C(Nc1ccc(Cl)nc1)Nc1ccc2c(c1)CCN(C(=O)O)C2. The minimum atomic E-state index is -0.918.